The molecule has 1 fully saturated rings. The molecule has 1 aliphatic rings. The fourth-order valence-corrected chi connectivity index (χ4v) is 3.27. The second-order valence-corrected chi connectivity index (χ2v) is 6.08. The van der Waals surface area contributed by atoms with Gasteiger partial charge in [-0.3, -0.25) is 0 Å². The van der Waals surface area contributed by atoms with Gasteiger partial charge in [-0.2, -0.15) is 0 Å². The quantitative estimate of drug-likeness (QED) is 0.907. The van der Waals surface area contributed by atoms with Gasteiger partial charge < -0.3 is 10.0 Å². The highest BCUT2D eigenvalue weighted by atomic mass is 79.9. The van der Waals surface area contributed by atoms with Crippen LogP contribution in [0.5, 0.6) is 0 Å². The minimum absolute atomic E-state index is 0.402. The van der Waals surface area contributed by atoms with E-state index in [2.05, 4.69) is 33.8 Å². The summed E-state index contributed by atoms with van der Waals surface area (Å²) in [4.78, 5) is 2.45. The van der Waals surface area contributed by atoms with Crippen LogP contribution in [0.25, 0.3) is 0 Å². The average molecular weight is 312 g/mol. The predicted octanol–water partition coefficient (Wildman–Crippen LogP) is 4.13. The van der Waals surface area contributed by atoms with Gasteiger partial charge >= 0.3 is 0 Å². The molecule has 0 aromatic heterocycles. The van der Waals surface area contributed by atoms with Gasteiger partial charge in [-0.15, -0.1) is 0 Å². The van der Waals surface area contributed by atoms with Crippen LogP contribution in [0.15, 0.2) is 22.7 Å². The van der Waals surface area contributed by atoms with Gasteiger partial charge in [0.15, 0.2) is 0 Å². The van der Waals surface area contributed by atoms with Crippen LogP contribution in [0.3, 0.4) is 0 Å². The minimum atomic E-state index is -0.402. The Bertz CT molecular complexity index is 397. The predicted molar refractivity (Wildman–Crippen MR) is 80.0 cm³/mol. The molecule has 1 aromatic carbocycles. The third-order valence-corrected chi connectivity index (χ3v) is 4.62. The number of aliphatic hydroxyl groups excluding tert-OH is 1. The summed E-state index contributed by atoms with van der Waals surface area (Å²) in [5.74, 6) is 0.900. The van der Waals surface area contributed by atoms with Gasteiger partial charge in [-0.05, 0) is 59.3 Å². The van der Waals surface area contributed by atoms with E-state index in [1.165, 1.54) is 24.9 Å². The van der Waals surface area contributed by atoms with Crippen LogP contribution in [0, 0.1) is 5.92 Å². The first-order valence-corrected chi connectivity index (χ1v) is 7.63. The molecule has 2 nitrogen and oxygen atoms in total. The molecule has 0 bridgehead atoms. The van der Waals surface area contributed by atoms with Crippen molar-refractivity contribution in [3.05, 3.63) is 28.2 Å². The summed E-state index contributed by atoms with van der Waals surface area (Å²) in [5.41, 5.74) is 2.23. The van der Waals surface area contributed by atoms with Crippen LogP contribution >= 0.6 is 15.9 Å². The number of aliphatic hydroxyl groups is 1. The molecule has 0 spiro atoms. The van der Waals surface area contributed by atoms with E-state index in [1.54, 1.807) is 6.92 Å². The van der Waals surface area contributed by atoms with Crippen LogP contribution in [-0.4, -0.2) is 18.2 Å². The van der Waals surface area contributed by atoms with E-state index >= 15 is 0 Å². The first-order chi connectivity index (χ1) is 8.61. The lowest BCUT2D eigenvalue weighted by atomic mass is 9.94. The number of rotatable bonds is 3. The van der Waals surface area contributed by atoms with Crippen molar-refractivity contribution < 1.29 is 5.11 Å². The summed E-state index contributed by atoms with van der Waals surface area (Å²) < 4.78 is 1.09. The van der Waals surface area contributed by atoms with Crippen LogP contribution in [0.1, 0.15) is 44.8 Å². The molecule has 100 valence electrons. The Morgan fingerprint density at radius 2 is 2.06 bits per heavy atom. The summed E-state index contributed by atoms with van der Waals surface area (Å²) in [6.07, 6.45) is 3.49. The Hall–Kier alpha value is -0.540. The Balaban J connectivity index is 2.10. The number of benzene rings is 1. The van der Waals surface area contributed by atoms with Gasteiger partial charge in [0.25, 0.3) is 0 Å². The number of halogens is 1. The lowest BCUT2D eigenvalue weighted by molar-refractivity contribution is 0.199. The third-order valence-electron chi connectivity index (χ3n) is 3.99. The Labute approximate surface area is 118 Å². The maximum atomic E-state index is 9.58. The molecule has 0 amide bonds. The smallest absolute Gasteiger partial charge is 0.0762 e. The minimum Gasteiger partial charge on any atom is -0.389 e. The van der Waals surface area contributed by atoms with Crippen molar-refractivity contribution in [3.63, 3.8) is 0 Å². The molecule has 1 saturated heterocycles. The molecule has 0 saturated carbocycles. The molecule has 1 atom stereocenters. The molecule has 3 heteroatoms. The number of hydrogen-bond donors (Lipinski definition) is 1. The van der Waals surface area contributed by atoms with Crippen molar-refractivity contribution >= 4 is 21.6 Å². The maximum Gasteiger partial charge on any atom is 0.0762 e. The largest absolute Gasteiger partial charge is 0.389 e. The fraction of sp³-hybridized carbons (Fsp3) is 0.600. The van der Waals surface area contributed by atoms with Crippen LogP contribution < -0.4 is 4.90 Å². The second-order valence-electron chi connectivity index (χ2n) is 5.23. The van der Waals surface area contributed by atoms with Crippen molar-refractivity contribution in [1.82, 2.24) is 0 Å². The summed E-state index contributed by atoms with van der Waals surface area (Å²) in [5, 5.41) is 9.58. The molecule has 1 heterocycles. The monoisotopic (exact) mass is 311 g/mol. The summed E-state index contributed by atoms with van der Waals surface area (Å²) in [7, 11) is 0. The van der Waals surface area contributed by atoms with E-state index in [1.807, 2.05) is 12.1 Å². The van der Waals surface area contributed by atoms with Crippen molar-refractivity contribution in [2.75, 3.05) is 18.0 Å². The van der Waals surface area contributed by atoms with E-state index in [-0.39, 0.29) is 0 Å². The highest BCUT2D eigenvalue weighted by molar-refractivity contribution is 9.10. The molecule has 0 aliphatic carbocycles. The van der Waals surface area contributed by atoms with Crippen molar-refractivity contribution in [2.45, 2.75) is 39.2 Å². The topological polar surface area (TPSA) is 23.5 Å². The van der Waals surface area contributed by atoms with Crippen LogP contribution in [0.4, 0.5) is 5.69 Å². The fourth-order valence-electron chi connectivity index (χ4n) is 2.62. The maximum absolute atomic E-state index is 9.58. The summed E-state index contributed by atoms with van der Waals surface area (Å²) in [6, 6.07) is 6.18. The molecule has 1 aliphatic heterocycles. The molecule has 1 aromatic rings. The van der Waals surface area contributed by atoms with Gasteiger partial charge in [0, 0.05) is 17.6 Å². The summed E-state index contributed by atoms with van der Waals surface area (Å²) >= 11 is 3.63. The number of nitrogens with zero attached hydrogens (tertiary/aromatic N) is 1. The molecule has 2 rings (SSSR count). The molecular weight excluding hydrogens is 290 g/mol. The van der Waals surface area contributed by atoms with Crippen LogP contribution in [-0.2, 0) is 0 Å². The van der Waals surface area contributed by atoms with Gasteiger partial charge in [0.05, 0.1) is 11.8 Å². The third kappa shape index (κ3) is 3.07. The zero-order chi connectivity index (χ0) is 13.1. The Morgan fingerprint density at radius 3 is 2.56 bits per heavy atom. The lowest BCUT2D eigenvalue weighted by Crippen LogP contribution is -2.33. The SMILES string of the molecule is CCC1CCN(c2ccc([C@@H](C)O)cc2Br)CC1. The molecular formula is C15H22BrNO. The van der Waals surface area contributed by atoms with E-state index in [9.17, 15) is 5.11 Å². The molecule has 0 radical (unpaired) electrons. The Morgan fingerprint density at radius 1 is 1.39 bits per heavy atom. The van der Waals surface area contributed by atoms with Gasteiger partial charge in [0.1, 0.15) is 0 Å². The zero-order valence-corrected chi connectivity index (χ0v) is 12.8. The normalized spacial score (nSPS) is 19.0. The van der Waals surface area contributed by atoms with Gasteiger partial charge in [-0.1, -0.05) is 19.4 Å². The second kappa shape index (κ2) is 6.07. The van der Waals surface area contributed by atoms with E-state index in [0.29, 0.717) is 0 Å². The van der Waals surface area contributed by atoms with Crippen LogP contribution in [0.2, 0.25) is 0 Å². The van der Waals surface area contributed by atoms with Gasteiger partial charge in [-0.25, -0.2) is 0 Å². The number of hydrogen-bond acceptors (Lipinski definition) is 2. The number of anilines is 1. The first kappa shape index (κ1) is 13.9. The zero-order valence-electron chi connectivity index (χ0n) is 11.2. The van der Waals surface area contributed by atoms with E-state index in [0.717, 1.165) is 29.0 Å². The molecule has 1 N–H and O–H groups in total. The first-order valence-electron chi connectivity index (χ1n) is 6.84. The molecule has 0 unspecified atom stereocenters. The summed E-state index contributed by atoms with van der Waals surface area (Å²) in [6.45, 7) is 6.37. The van der Waals surface area contributed by atoms with Gasteiger partial charge in [0.2, 0.25) is 0 Å². The highest BCUT2D eigenvalue weighted by Crippen LogP contribution is 2.32. The van der Waals surface area contributed by atoms with E-state index in [4.69, 9.17) is 0 Å². The van der Waals surface area contributed by atoms with Crippen molar-refractivity contribution in [3.8, 4) is 0 Å². The van der Waals surface area contributed by atoms with Crippen molar-refractivity contribution in [2.24, 2.45) is 5.92 Å². The lowest BCUT2D eigenvalue weighted by Gasteiger charge is -2.34. The molecule has 18 heavy (non-hydrogen) atoms. The average Bonchev–Trinajstić information content (AvgIpc) is 2.38. The standard InChI is InChI=1S/C15H22BrNO/c1-3-12-6-8-17(9-7-12)15-5-4-13(11(2)18)10-14(15)16/h4-5,10-12,18H,3,6-9H2,1-2H3/t11-/m1/s1. The highest BCUT2D eigenvalue weighted by Gasteiger charge is 2.19. The van der Waals surface area contributed by atoms with Crippen molar-refractivity contribution in [1.29, 1.82) is 0 Å². The Kier molecular flexibility index (Phi) is 4.68. The number of piperidine rings is 1. The van der Waals surface area contributed by atoms with E-state index < -0.39 is 6.10 Å².